The van der Waals surface area contributed by atoms with Crippen LogP contribution < -0.4 is 16.4 Å². The van der Waals surface area contributed by atoms with Crippen molar-refractivity contribution in [3.8, 4) is 0 Å². The van der Waals surface area contributed by atoms with Crippen molar-refractivity contribution in [2.75, 3.05) is 16.4 Å². The Morgan fingerprint density at radius 2 is 2.00 bits per heavy atom. The Labute approximate surface area is 149 Å². The molecule has 0 aliphatic carbocycles. The van der Waals surface area contributed by atoms with Crippen LogP contribution in [0.15, 0.2) is 29.4 Å². The Bertz CT molecular complexity index is 823. The van der Waals surface area contributed by atoms with E-state index < -0.39 is 5.91 Å². The van der Waals surface area contributed by atoms with Crippen molar-refractivity contribution < 1.29 is 9.59 Å². The number of benzene rings is 1. The molecule has 1 aliphatic heterocycles. The molecular weight excluding hydrogens is 338 g/mol. The number of aromatic nitrogens is 2. The molecule has 130 valence electrons. The predicted octanol–water partition coefficient (Wildman–Crippen LogP) is 1.75. The van der Waals surface area contributed by atoms with Crippen molar-refractivity contribution in [2.24, 2.45) is 5.73 Å². The molecule has 0 unspecified atom stereocenters. The average molecular weight is 357 g/mol. The Balaban J connectivity index is 1.87. The quantitative estimate of drug-likeness (QED) is 0.601. The number of nitrogens with two attached hydrogens (primary N) is 2. The number of fused-ring (bicyclic) bond motifs is 1. The van der Waals surface area contributed by atoms with Crippen LogP contribution in [0.3, 0.4) is 0 Å². The van der Waals surface area contributed by atoms with Crippen LogP contribution in [0, 0.1) is 0 Å². The van der Waals surface area contributed by atoms with E-state index in [1.54, 1.807) is 29.2 Å². The molecule has 0 spiro atoms. The second-order valence-corrected chi connectivity index (χ2v) is 6.82. The van der Waals surface area contributed by atoms with Crippen LogP contribution in [0.5, 0.6) is 0 Å². The maximum atomic E-state index is 12.4. The number of hydrogen-bond donors (Lipinski definition) is 2. The predicted molar refractivity (Wildman–Crippen MR) is 97.3 cm³/mol. The number of hydrogen-bond acceptors (Lipinski definition) is 6. The molecule has 0 fully saturated rings. The number of carbonyl (C=O) groups excluding carboxylic acids is 2. The van der Waals surface area contributed by atoms with Crippen LogP contribution in [0.2, 0.25) is 0 Å². The number of rotatable bonds is 6. The first kappa shape index (κ1) is 17.2. The molecule has 1 aliphatic rings. The summed E-state index contributed by atoms with van der Waals surface area (Å²) in [5.74, 6) is 1.29. The highest BCUT2D eigenvalue weighted by Gasteiger charge is 2.32. The lowest BCUT2D eigenvalue weighted by Crippen LogP contribution is -2.26. The van der Waals surface area contributed by atoms with Crippen LogP contribution >= 0.6 is 11.8 Å². The van der Waals surface area contributed by atoms with Gasteiger partial charge in [0.25, 0.3) is 0 Å². The Hall–Kier alpha value is -2.61. The number of primary amides is 1. The zero-order valence-electron chi connectivity index (χ0n) is 13.9. The SMILES string of the molecule is CCCSc1nc(N)c2c(n1)N(Cc1ccc(C(N)=O)cc1)C(=O)C2. The fourth-order valence-electron chi connectivity index (χ4n) is 2.60. The minimum absolute atomic E-state index is 0.0624. The molecule has 0 radical (unpaired) electrons. The largest absolute Gasteiger partial charge is 0.383 e. The van der Waals surface area contributed by atoms with Crippen LogP contribution in [0.4, 0.5) is 11.6 Å². The molecule has 1 aromatic carbocycles. The number of thioether (sulfide) groups is 1. The lowest BCUT2D eigenvalue weighted by Gasteiger charge is -2.17. The number of nitrogens with zero attached hydrogens (tertiary/aromatic N) is 3. The molecule has 0 saturated carbocycles. The normalized spacial score (nSPS) is 13.2. The van der Waals surface area contributed by atoms with Gasteiger partial charge < -0.3 is 11.5 Å². The van der Waals surface area contributed by atoms with E-state index in [1.165, 1.54) is 11.8 Å². The van der Waals surface area contributed by atoms with Crippen LogP contribution in [0.1, 0.15) is 34.8 Å². The summed E-state index contributed by atoms with van der Waals surface area (Å²) < 4.78 is 0. The van der Waals surface area contributed by atoms with Gasteiger partial charge in [-0.05, 0) is 24.1 Å². The molecule has 2 aromatic rings. The van der Waals surface area contributed by atoms with Gasteiger partial charge in [0, 0.05) is 16.9 Å². The second kappa shape index (κ2) is 7.10. The highest BCUT2D eigenvalue weighted by molar-refractivity contribution is 7.99. The first-order valence-corrected chi connectivity index (χ1v) is 8.96. The lowest BCUT2D eigenvalue weighted by atomic mass is 10.1. The van der Waals surface area contributed by atoms with Crippen molar-refractivity contribution in [1.29, 1.82) is 0 Å². The monoisotopic (exact) mass is 357 g/mol. The van der Waals surface area contributed by atoms with E-state index >= 15 is 0 Å². The molecular formula is C17H19N5O2S. The van der Waals surface area contributed by atoms with E-state index in [0.717, 1.165) is 17.7 Å². The van der Waals surface area contributed by atoms with Gasteiger partial charge in [0.1, 0.15) is 11.6 Å². The standard InChI is InChI=1S/C17H19N5O2S/c1-2-7-25-17-20-14(18)12-8-13(23)22(16(12)21-17)9-10-3-5-11(6-4-10)15(19)24/h3-6H,2,7-9H2,1H3,(H2,19,24)(H2,18,20,21). The summed E-state index contributed by atoms with van der Waals surface area (Å²) in [6.45, 7) is 2.44. The van der Waals surface area contributed by atoms with Crippen LogP contribution in [-0.4, -0.2) is 27.5 Å². The van der Waals surface area contributed by atoms with Gasteiger partial charge in [-0.1, -0.05) is 30.8 Å². The first-order chi connectivity index (χ1) is 12.0. The summed E-state index contributed by atoms with van der Waals surface area (Å²) in [4.78, 5) is 34.0. The van der Waals surface area contributed by atoms with Gasteiger partial charge >= 0.3 is 0 Å². The number of carbonyl (C=O) groups is 2. The molecule has 0 atom stereocenters. The molecule has 2 amide bonds. The number of amides is 2. The van der Waals surface area contributed by atoms with Crippen LogP contribution in [0.25, 0.3) is 0 Å². The third kappa shape index (κ3) is 3.58. The highest BCUT2D eigenvalue weighted by Crippen LogP contribution is 2.33. The number of nitrogen functional groups attached to an aromatic ring is 1. The zero-order valence-corrected chi connectivity index (χ0v) is 14.7. The summed E-state index contributed by atoms with van der Waals surface area (Å²) in [6, 6.07) is 6.86. The van der Waals surface area contributed by atoms with Gasteiger partial charge in [0.2, 0.25) is 11.8 Å². The third-order valence-corrected chi connectivity index (χ3v) is 4.95. The van der Waals surface area contributed by atoms with E-state index in [0.29, 0.717) is 34.5 Å². The molecule has 2 heterocycles. The van der Waals surface area contributed by atoms with Gasteiger partial charge in [-0.25, -0.2) is 9.97 Å². The van der Waals surface area contributed by atoms with Crippen molar-refractivity contribution >= 4 is 35.2 Å². The van der Waals surface area contributed by atoms with Gasteiger partial charge in [0.15, 0.2) is 5.16 Å². The topological polar surface area (TPSA) is 115 Å². The minimum Gasteiger partial charge on any atom is -0.383 e. The smallest absolute Gasteiger partial charge is 0.248 e. The number of anilines is 2. The van der Waals surface area contributed by atoms with Crippen molar-refractivity contribution in [2.45, 2.75) is 31.5 Å². The molecule has 7 nitrogen and oxygen atoms in total. The van der Waals surface area contributed by atoms with Gasteiger partial charge in [-0.15, -0.1) is 0 Å². The fraction of sp³-hybridized carbons (Fsp3) is 0.294. The Morgan fingerprint density at radius 1 is 1.28 bits per heavy atom. The molecule has 4 N–H and O–H groups in total. The van der Waals surface area contributed by atoms with E-state index in [2.05, 4.69) is 16.9 Å². The Morgan fingerprint density at radius 3 is 2.64 bits per heavy atom. The summed E-state index contributed by atoms with van der Waals surface area (Å²) in [5, 5.41) is 0.585. The highest BCUT2D eigenvalue weighted by atomic mass is 32.2. The summed E-state index contributed by atoms with van der Waals surface area (Å²) >= 11 is 1.52. The van der Waals surface area contributed by atoms with Crippen molar-refractivity contribution in [1.82, 2.24) is 9.97 Å². The molecule has 0 bridgehead atoms. The van der Waals surface area contributed by atoms with Crippen molar-refractivity contribution in [3.05, 3.63) is 41.0 Å². The van der Waals surface area contributed by atoms with E-state index in [9.17, 15) is 9.59 Å². The first-order valence-electron chi connectivity index (χ1n) is 7.98. The zero-order chi connectivity index (χ0) is 18.0. The molecule has 25 heavy (non-hydrogen) atoms. The van der Waals surface area contributed by atoms with Gasteiger partial charge in [-0.2, -0.15) is 0 Å². The lowest BCUT2D eigenvalue weighted by molar-refractivity contribution is -0.117. The summed E-state index contributed by atoms with van der Waals surface area (Å²) in [7, 11) is 0. The second-order valence-electron chi connectivity index (χ2n) is 5.76. The average Bonchev–Trinajstić information content (AvgIpc) is 2.90. The van der Waals surface area contributed by atoms with Gasteiger partial charge in [-0.3, -0.25) is 14.5 Å². The van der Waals surface area contributed by atoms with E-state index in [1.807, 2.05) is 0 Å². The van der Waals surface area contributed by atoms with Crippen LogP contribution in [-0.2, 0) is 17.8 Å². The Kier molecular flexibility index (Phi) is 4.89. The van der Waals surface area contributed by atoms with Crippen molar-refractivity contribution in [3.63, 3.8) is 0 Å². The molecule has 0 saturated heterocycles. The fourth-order valence-corrected chi connectivity index (χ4v) is 3.30. The van der Waals surface area contributed by atoms with E-state index in [4.69, 9.17) is 11.5 Å². The molecule has 8 heteroatoms. The maximum Gasteiger partial charge on any atom is 0.248 e. The third-order valence-electron chi connectivity index (χ3n) is 3.90. The summed E-state index contributed by atoms with van der Waals surface area (Å²) in [5.41, 5.74) is 13.3. The minimum atomic E-state index is -0.479. The molecule has 1 aromatic heterocycles. The maximum absolute atomic E-state index is 12.4. The van der Waals surface area contributed by atoms with E-state index in [-0.39, 0.29) is 12.3 Å². The molecule has 3 rings (SSSR count). The van der Waals surface area contributed by atoms with Gasteiger partial charge in [0.05, 0.1) is 13.0 Å². The summed E-state index contributed by atoms with van der Waals surface area (Å²) in [6.07, 6.45) is 1.21.